The van der Waals surface area contributed by atoms with Gasteiger partial charge in [0.25, 0.3) is 0 Å². The summed E-state index contributed by atoms with van der Waals surface area (Å²) < 4.78 is 6.05. The summed E-state index contributed by atoms with van der Waals surface area (Å²) >= 11 is 0. The van der Waals surface area contributed by atoms with Gasteiger partial charge in [-0.05, 0) is 55.2 Å². The van der Waals surface area contributed by atoms with Crippen LogP contribution in [0.1, 0.15) is 20.8 Å². The first-order chi connectivity index (χ1) is 11.0. The second-order valence-electron chi connectivity index (χ2n) is 6.65. The molecule has 1 heteroatoms. The van der Waals surface area contributed by atoms with Crippen molar-refractivity contribution in [3.8, 4) is 28.0 Å². The summed E-state index contributed by atoms with van der Waals surface area (Å²) in [6.07, 6.45) is 0. The number of ether oxygens (including phenoxy) is 1. The van der Waals surface area contributed by atoms with Crippen LogP contribution >= 0.6 is 0 Å². The maximum atomic E-state index is 6.05. The second-order valence-corrected chi connectivity index (χ2v) is 6.65. The van der Waals surface area contributed by atoms with Gasteiger partial charge in [0, 0.05) is 0 Å². The average Bonchev–Trinajstić information content (AvgIpc) is 2.55. The lowest BCUT2D eigenvalue weighted by Gasteiger charge is -2.22. The van der Waals surface area contributed by atoms with E-state index >= 15 is 0 Å². The first-order valence-corrected chi connectivity index (χ1v) is 7.97. The van der Waals surface area contributed by atoms with Gasteiger partial charge in [0.15, 0.2) is 0 Å². The third kappa shape index (κ3) is 3.81. The summed E-state index contributed by atoms with van der Waals surface area (Å²) in [5.41, 5.74) is 4.62. The molecule has 0 N–H and O–H groups in total. The van der Waals surface area contributed by atoms with Crippen molar-refractivity contribution in [3.05, 3.63) is 78.9 Å². The largest absolute Gasteiger partial charge is 0.488 e. The summed E-state index contributed by atoms with van der Waals surface area (Å²) in [5.74, 6) is 0.899. The topological polar surface area (TPSA) is 9.23 Å². The van der Waals surface area contributed by atoms with Crippen molar-refractivity contribution >= 4 is 0 Å². The van der Waals surface area contributed by atoms with E-state index in [1.807, 2.05) is 12.1 Å². The molecule has 0 fully saturated rings. The van der Waals surface area contributed by atoms with Gasteiger partial charge in [0.1, 0.15) is 11.4 Å². The normalized spacial score (nSPS) is 11.3. The van der Waals surface area contributed by atoms with Crippen molar-refractivity contribution in [1.29, 1.82) is 0 Å². The molecule has 0 saturated heterocycles. The highest BCUT2D eigenvalue weighted by molar-refractivity contribution is 5.84. The maximum Gasteiger partial charge on any atom is 0.120 e. The Bertz CT molecular complexity index is 768. The Morgan fingerprint density at radius 2 is 1.13 bits per heavy atom. The Kier molecular flexibility index (Phi) is 4.20. The number of hydrogen-bond acceptors (Lipinski definition) is 1. The van der Waals surface area contributed by atoms with Crippen molar-refractivity contribution in [2.45, 2.75) is 26.4 Å². The van der Waals surface area contributed by atoms with E-state index in [0.29, 0.717) is 0 Å². The highest BCUT2D eigenvalue weighted by Gasteiger charge is 2.14. The van der Waals surface area contributed by atoms with E-state index in [4.69, 9.17) is 4.74 Å². The lowest BCUT2D eigenvalue weighted by molar-refractivity contribution is 0.131. The first kappa shape index (κ1) is 15.4. The summed E-state index contributed by atoms with van der Waals surface area (Å²) in [6.45, 7) is 6.21. The Balaban J connectivity index is 2.13. The molecule has 0 atom stereocenters. The predicted molar refractivity (Wildman–Crippen MR) is 97.7 cm³/mol. The van der Waals surface area contributed by atoms with Gasteiger partial charge in [0.2, 0.25) is 0 Å². The molecule has 0 unspecified atom stereocenters. The van der Waals surface area contributed by atoms with E-state index in [-0.39, 0.29) is 5.60 Å². The molecule has 0 amide bonds. The first-order valence-electron chi connectivity index (χ1n) is 7.97. The molecule has 1 nitrogen and oxygen atoms in total. The van der Waals surface area contributed by atoms with Crippen LogP contribution in [0, 0.1) is 0 Å². The SMILES string of the molecule is CC(C)(C)Oc1ccc(-c2ccccc2)c(-c2ccccc2)c1. The van der Waals surface area contributed by atoms with Crippen LogP contribution in [0.2, 0.25) is 0 Å². The smallest absolute Gasteiger partial charge is 0.120 e. The third-order valence-corrected chi connectivity index (χ3v) is 3.58. The standard InChI is InChI=1S/C22H22O/c1-22(2,3)23-19-14-15-20(17-10-6-4-7-11-17)21(16-19)18-12-8-5-9-13-18/h4-16H,1-3H3. The molecule has 0 radical (unpaired) electrons. The fourth-order valence-electron chi connectivity index (χ4n) is 2.67. The minimum absolute atomic E-state index is 0.206. The predicted octanol–water partition coefficient (Wildman–Crippen LogP) is 6.20. The molecule has 0 spiro atoms. The molecule has 116 valence electrons. The van der Waals surface area contributed by atoms with Crippen molar-refractivity contribution in [2.75, 3.05) is 0 Å². The summed E-state index contributed by atoms with van der Waals surface area (Å²) in [5, 5.41) is 0. The number of hydrogen-bond donors (Lipinski definition) is 0. The van der Waals surface area contributed by atoms with Gasteiger partial charge < -0.3 is 4.74 Å². The van der Waals surface area contributed by atoms with E-state index in [9.17, 15) is 0 Å². The fraction of sp³-hybridized carbons (Fsp3) is 0.182. The van der Waals surface area contributed by atoms with Gasteiger partial charge in [-0.25, -0.2) is 0 Å². The van der Waals surface area contributed by atoms with Crippen LogP contribution in [-0.4, -0.2) is 5.60 Å². The average molecular weight is 302 g/mol. The van der Waals surface area contributed by atoms with E-state index in [2.05, 4.69) is 87.5 Å². The van der Waals surface area contributed by atoms with Crippen molar-refractivity contribution in [2.24, 2.45) is 0 Å². The van der Waals surface area contributed by atoms with Crippen molar-refractivity contribution in [1.82, 2.24) is 0 Å². The molecule has 0 aliphatic carbocycles. The quantitative estimate of drug-likeness (QED) is 0.560. The monoisotopic (exact) mass is 302 g/mol. The van der Waals surface area contributed by atoms with Crippen LogP contribution in [0.3, 0.4) is 0 Å². The summed E-state index contributed by atoms with van der Waals surface area (Å²) in [7, 11) is 0. The fourth-order valence-corrected chi connectivity index (χ4v) is 2.67. The molecule has 0 saturated carbocycles. The van der Waals surface area contributed by atoms with Crippen molar-refractivity contribution < 1.29 is 4.74 Å². The highest BCUT2D eigenvalue weighted by Crippen LogP contribution is 2.35. The van der Waals surface area contributed by atoms with Crippen LogP contribution in [0.25, 0.3) is 22.3 Å². The molecule has 0 aliphatic rings. The lowest BCUT2D eigenvalue weighted by Crippen LogP contribution is -2.22. The zero-order chi connectivity index (χ0) is 16.3. The van der Waals surface area contributed by atoms with Crippen LogP contribution < -0.4 is 4.74 Å². The van der Waals surface area contributed by atoms with Gasteiger partial charge in [-0.1, -0.05) is 66.7 Å². The Hall–Kier alpha value is -2.54. The molecule has 0 bridgehead atoms. The summed E-state index contributed by atoms with van der Waals surface area (Å²) in [4.78, 5) is 0. The van der Waals surface area contributed by atoms with E-state index < -0.39 is 0 Å². The number of rotatable bonds is 3. The van der Waals surface area contributed by atoms with Gasteiger partial charge in [0.05, 0.1) is 0 Å². The minimum atomic E-state index is -0.206. The van der Waals surface area contributed by atoms with E-state index in [0.717, 1.165) is 5.75 Å². The van der Waals surface area contributed by atoms with Crippen LogP contribution in [0.5, 0.6) is 5.75 Å². The Labute approximate surface area is 138 Å². The minimum Gasteiger partial charge on any atom is -0.488 e. The Morgan fingerprint density at radius 1 is 0.609 bits per heavy atom. The lowest BCUT2D eigenvalue weighted by atomic mass is 9.94. The molecular formula is C22H22O. The molecule has 0 heterocycles. The van der Waals surface area contributed by atoms with Crippen LogP contribution in [0.15, 0.2) is 78.9 Å². The molecule has 0 aliphatic heterocycles. The zero-order valence-electron chi connectivity index (χ0n) is 13.9. The van der Waals surface area contributed by atoms with Crippen LogP contribution in [0.4, 0.5) is 0 Å². The van der Waals surface area contributed by atoms with E-state index in [1.165, 1.54) is 22.3 Å². The van der Waals surface area contributed by atoms with E-state index in [1.54, 1.807) is 0 Å². The Morgan fingerprint density at radius 3 is 1.65 bits per heavy atom. The molecule has 3 aromatic rings. The number of benzene rings is 3. The zero-order valence-corrected chi connectivity index (χ0v) is 13.9. The van der Waals surface area contributed by atoms with Gasteiger partial charge >= 0.3 is 0 Å². The maximum absolute atomic E-state index is 6.05. The third-order valence-electron chi connectivity index (χ3n) is 3.58. The van der Waals surface area contributed by atoms with Gasteiger partial charge in [-0.2, -0.15) is 0 Å². The molecule has 23 heavy (non-hydrogen) atoms. The molecular weight excluding hydrogens is 280 g/mol. The highest BCUT2D eigenvalue weighted by atomic mass is 16.5. The molecule has 3 rings (SSSR count). The van der Waals surface area contributed by atoms with Crippen molar-refractivity contribution in [3.63, 3.8) is 0 Å². The van der Waals surface area contributed by atoms with Crippen LogP contribution in [-0.2, 0) is 0 Å². The van der Waals surface area contributed by atoms with Gasteiger partial charge in [-0.3, -0.25) is 0 Å². The second kappa shape index (κ2) is 6.29. The molecule has 0 aromatic heterocycles. The molecule has 3 aromatic carbocycles. The van der Waals surface area contributed by atoms with Gasteiger partial charge in [-0.15, -0.1) is 0 Å². The summed E-state index contributed by atoms with van der Waals surface area (Å²) in [6, 6.07) is 27.3.